The van der Waals surface area contributed by atoms with Gasteiger partial charge in [0, 0.05) is 18.8 Å². The molecule has 1 saturated heterocycles. The maximum atomic E-state index is 12.0. The van der Waals surface area contributed by atoms with E-state index in [1.54, 1.807) is 6.92 Å². The number of hydrogen-bond acceptors (Lipinski definition) is 3. The van der Waals surface area contributed by atoms with Gasteiger partial charge in [0.05, 0.1) is 13.2 Å². The number of carbonyl (C=O) groups excluding carboxylic acids is 1. The molecule has 0 bridgehead atoms. The minimum Gasteiger partial charge on any atom is -0.350 e. The molecule has 0 amide bonds. The summed E-state index contributed by atoms with van der Waals surface area (Å²) >= 11 is 0. The Balaban J connectivity index is 2.31. The summed E-state index contributed by atoms with van der Waals surface area (Å²) in [4.78, 5) is 12.0. The van der Waals surface area contributed by atoms with E-state index in [1.165, 1.54) is 0 Å². The Morgan fingerprint density at radius 3 is 1.83 bits per heavy atom. The van der Waals surface area contributed by atoms with Crippen molar-refractivity contribution in [3.8, 4) is 0 Å². The molecule has 104 valence electrons. The van der Waals surface area contributed by atoms with Crippen LogP contribution in [-0.4, -0.2) is 24.8 Å². The van der Waals surface area contributed by atoms with E-state index in [2.05, 4.69) is 27.7 Å². The van der Waals surface area contributed by atoms with E-state index in [4.69, 9.17) is 9.47 Å². The van der Waals surface area contributed by atoms with Crippen LogP contribution in [0.2, 0.25) is 0 Å². The SMILES string of the molecule is CC(=O)C1C(C)(C)CC2(CC1(C)C)OCCCO2. The average Bonchev–Trinajstić information content (AvgIpc) is 2.12. The summed E-state index contributed by atoms with van der Waals surface area (Å²) in [5, 5.41) is 0. The average molecular weight is 254 g/mol. The zero-order valence-electron chi connectivity index (χ0n) is 12.3. The van der Waals surface area contributed by atoms with Gasteiger partial charge in [0.1, 0.15) is 5.78 Å². The Kier molecular flexibility index (Phi) is 3.35. The van der Waals surface area contributed by atoms with Gasteiger partial charge in [0.25, 0.3) is 0 Å². The third-order valence-electron chi connectivity index (χ3n) is 4.44. The number of ketones is 1. The molecule has 0 aromatic carbocycles. The van der Waals surface area contributed by atoms with Crippen molar-refractivity contribution in [3.63, 3.8) is 0 Å². The molecule has 0 aromatic heterocycles. The van der Waals surface area contributed by atoms with E-state index in [1.807, 2.05) is 0 Å². The zero-order valence-corrected chi connectivity index (χ0v) is 12.3. The molecule has 18 heavy (non-hydrogen) atoms. The van der Waals surface area contributed by atoms with Crippen LogP contribution >= 0.6 is 0 Å². The van der Waals surface area contributed by atoms with Crippen LogP contribution in [0.1, 0.15) is 53.9 Å². The quantitative estimate of drug-likeness (QED) is 0.721. The van der Waals surface area contributed by atoms with Crippen LogP contribution in [0.5, 0.6) is 0 Å². The summed E-state index contributed by atoms with van der Waals surface area (Å²) in [6.45, 7) is 11.9. The maximum absolute atomic E-state index is 12.0. The minimum atomic E-state index is -0.461. The van der Waals surface area contributed by atoms with Crippen molar-refractivity contribution >= 4 is 5.78 Å². The summed E-state index contributed by atoms with van der Waals surface area (Å²) in [5.41, 5.74) is -0.157. The zero-order chi connectivity index (χ0) is 13.6. The predicted molar refractivity (Wildman–Crippen MR) is 70.2 cm³/mol. The van der Waals surface area contributed by atoms with Gasteiger partial charge < -0.3 is 9.47 Å². The van der Waals surface area contributed by atoms with E-state index in [0.717, 1.165) is 32.5 Å². The molecule has 0 N–H and O–H groups in total. The lowest BCUT2D eigenvalue weighted by Gasteiger charge is -2.56. The highest BCUT2D eigenvalue weighted by atomic mass is 16.7. The highest BCUT2D eigenvalue weighted by Crippen LogP contribution is 2.56. The second-order valence-corrected chi connectivity index (χ2v) is 7.34. The van der Waals surface area contributed by atoms with E-state index in [9.17, 15) is 4.79 Å². The van der Waals surface area contributed by atoms with Gasteiger partial charge in [-0.25, -0.2) is 0 Å². The van der Waals surface area contributed by atoms with E-state index in [0.29, 0.717) is 0 Å². The van der Waals surface area contributed by atoms with Crippen molar-refractivity contribution in [2.45, 2.75) is 59.7 Å². The van der Waals surface area contributed by atoms with Crippen LogP contribution in [0.15, 0.2) is 0 Å². The highest BCUT2D eigenvalue weighted by Gasteiger charge is 2.57. The summed E-state index contributed by atoms with van der Waals surface area (Å²) in [7, 11) is 0. The van der Waals surface area contributed by atoms with Crippen molar-refractivity contribution in [2.75, 3.05) is 13.2 Å². The van der Waals surface area contributed by atoms with Crippen LogP contribution in [0.4, 0.5) is 0 Å². The Morgan fingerprint density at radius 1 is 1.00 bits per heavy atom. The molecule has 2 fully saturated rings. The molecule has 2 rings (SSSR count). The van der Waals surface area contributed by atoms with Gasteiger partial charge in [-0.1, -0.05) is 27.7 Å². The minimum absolute atomic E-state index is 0.0738. The summed E-state index contributed by atoms with van der Waals surface area (Å²) in [5.74, 6) is -0.0996. The highest BCUT2D eigenvalue weighted by molar-refractivity contribution is 5.80. The van der Waals surface area contributed by atoms with Crippen molar-refractivity contribution in [3.05, 3.63) is 0 Å². The largest absolute Gasteiger partial charge is 0.350 e. The lowest BCUT2D eigenvalue weighted by molar-refractivity contribution is -0.314. The molecule has 1 aliphatic carbocycles. The van der Waals surface area contributed by atoms with Gasteiger partial charge >= 0.3 is 0 Å². The van der Waals surface area contributed by atoms with E-state index < -0.39 is 5.79 Å². The number of hydrogen-bond donors (Lipinski definition) is 0. The molecular weight excluding hydrogens is 228 g/mol. The Morgan fingerprint density at radius 2 is 1.44 bits per heavy atom. The standard InChI is InChI=1S/C15H26O3/c1-11(16)12-13(2,3)9-15(10-14(12,4)5)17-7-6-8-18-15/h12H,6-10H2,1-5H3. The smallest absolute Gasteiger partial charge is 0.169 e. The van der Waals surface area contributed by atoms with Crippen LogP contribution in [0.3, 0.4) is 0 Å². The van der Waals surface area contributed by atoms with Crippen LogP contribution < -0.4 is 0 Å². The molecule has 3 nitrogen and oxygen atoms in total. The van der Waals surface area contributed by atoms with Crippen molar-refractivity contribution in [1.29, 1.82) is 0 Å². The number of rotatable bonds is 1. The van der Waals surface area contributed by atoms with Gasteiger partial charge in [0.2, 0.25) is 0 Å². The topological polar surface area (TPSA) is 35.5 Å². The van der Waals surface area contributed by atoms with Gasteiger partial charge in [-0.3, -0.25) is 4.79 Å². The normalized spacial score (nSPS) is 30.3. The summed E-state index contributed by atoms with van der Waals surface area (Å²) < 4.78 is 11.9. The molecular formula is C15H26O3. The summed E-state index contributed by atoms with van der Waals surface area (Å²) in [6.07, 6.45) is 2.60. The molecule has 0 atom stereocenters. The summed E-state index contributed by atoms with van der Waals surface area (Å²) in [6, 6.07) is 0. The first-order valence-corrected chi connectivity index (χ1v) is 6.97. The second-order valence-electron chi connectivity index (χ2n) is 7.34. The number of carbonyl (C=O) groups is 1. The van der Waals surface area contributed by atoms with Crippen molar-refractivity contribution in [2.24, 2.45) is 16.7 Å². The molecule has 0 unspecified atom stereocenters. The third kappa shape index (κ3) is 2.35. The molecule has 1 aliphatic heterocycles. The fraction of sp³-hybridized carbons (Fsp3) is 0.933. The van der Waals surface area contributed by atoms with Gasteiger partial charge in [-0.2, -0.15) is 0 Å². The molecule has 0 radical (unpaired) electrons. The van der Waals surface area contributed by atoms with Crippen LogP contribution in [0.25, 0.3) is 0 Å². The first-order valence-electron chi connectivity index (χ1n) is 6.97. The number of ether oxygens (including phenoxy) is 2. The lowest BCUT2D eigenvalue weighted by Crippen LogP contribution is -2.57. The molecule has 0 aromatic rings. The van der Waals surface area contributed by atoms with Crippen LogP contribution in [0, 0.1) is 16.7 Å². The Hall–Kier alpha value is -0.410. The Bertz CT molecular complexity index is 318. The molecule has 1 spiro atoms. The molecule has 1 saturated carbocycles. The fourth-order valence-corrected chi connectivity index (χ4v) is 4.63. The van der Waals surface area contributed by atoms with Gasteiger partial charge in [-0.05, 0) is 24.2 Å². The van der Waals surface area contributed by atoms with Gasteiger partial charge in [0.15, 0.2) is 5.79 Å². The van der Waals surface area contributed by atoms with E-state index in [-0.39, 0.29) is 22.5 Å². The molecule has 2 aliphatic rings. The predicted octanol–water partition coefficient (Wildman–Crippen LogP) is 3.17. The third-order valence-corrected chi connectivity index (χ3v) is 4.44. The first-order chi connectivity index (χ1) is 8.19. The lowest BCUT2D eigenvalue weighted by atomic mass is 9.54. The van der Waals surface area contributed by atoms with Crippen molar-refractivity contribution in [1.82, 2.24) is 0 Å². The fourth-order valence-electron chi connectivity index (χ4n) is 4.63. The van der Waals surface area contributed by atoms with Crippen LogP contribution in [-0.2, 0) is 14.3 Å². The number of Topliss-reactive ketones (excluding diaryl/α,β-unsaturated/α-hetero) is 1. The van der Waals surface area contributed by atoms with Crippen molar-refractivity contribution < 1.29 is 14.3 Å². The Labute approximate surface area is 110 Å². The monoisotopic (exact) mass is 254 g/mol. The maximum Gasteiger partial charge on any atom is 0.169 e. The van der Waals surface area contributed by atoms with Gasteiger partial charge in [-0.15, -0.1) is 0 Å². The van der Waals surface area contributed by atoms with E-state index >= 15 is 0 Å². The second kappa shape index (κ2) is 4.31. The molecule has 1 heterocycles. The first kappa shape index (κ1) is 14.0. The molecule has 3 heteroatoms.